The van der Waals surface area contributed by atoms with Crippen molar-refractivity contribution in [1.82, 2.24) is 0 Å². The number of hydrogen-bond acceptors (Lipinski definition) is 5. The van der Waals surface area contributed by atoms with Gasteiger partial charge in [0.15, 0.2) is 0 Å². The average Bonchev–Trinajstić information content (AvgIpc) is 2.25. The highest BCUT2D eigenvalue weighted by molar-refractivity contribution is 7.45. The van der Waals surface area contributed by atoms with Gasteiger partial charge in [0.1, 0.15) is 0 Å². The zero-order chi connectivity index (χ0) is 17.6. The minimum Gasteiger partial charge on any atom is -0.460 e. The standard InChI is InChI=1S/2C6H10O2.H3O4P/c2*1-4-6(7)8-5(2)3;1-5(2,3)4/h2*4-5H,1H2,2-3H3;(H3,1,2,3,4). The lowest BCUT2D eigenvalue weighted by Gasteiger charge is -2.02. The predicted molar refractivity (Wildman–Crippen MR) is 77.1 cm³/mol. The van der Waals surface area contributed by atoms with Crippen LogP contribution in [0.25, 0.3) is 0 Å². The first-order valence-electron chi connectivity index (χ1n) is 5.77. The Morgan fingerprint density at radius 3 is 1.14 bits per heavy atom. The number of phosphoric acid groups is 1. The molecule has 124 valence electrons. The van der Waals surface area contributed by atoms with Crippen molar-refractivity contribution in [2.75, 3.05) is 0 Å². The molecule has 9 heteroatoms. The van der Waals surface area contributed by atoms with Crippen LogP contribution in [0.3, 0.4) is 0 Å². The van der Waals surface area contributed by atoms with Crippen LogP contribution in [-0.2, 0) is 23.6 Å². The first-order valence-corrected chi connectivity index (χ1v) is 7.34. The van der Waals surface area contributed by atoms with E-state index in [1.54, 1.807) is 27.7 Å². The van der Waals surface area contributed by atoms with E-state index in [2.05, 4.69) is 22.6 Å². The topological polar surface area (TPSA) is 130 Å². The molecule has 0 saturated carbocycles. The van der Waals surface area contributed by atoms with E-state index in [0.717, 1.165) is 12.2 Å². The van der Waals surface area contributed by atoms with Crippen LogP contribution >= 0.6 is 7.82 Å². The van der Waals surface area contributed by atoms with Crippen LogP contribution in [0, 0.1) is 0 Å². The van der Waals surface area contributed by atoms with Gasteiger partial charge in [-0.1, -0.05) is 13.2 Å². The molecule has 0 rings (SSSR count). The van der Waals surface area contributed by atoms with Crippen molar-refractivity contribution in [3.05, 3.63) is 25.3 Å². The fraction of sp³-hybridized carbons (Fsp3) is 0.500. The van der Waals surface area contributed by atoms with Gasteiger partial charge in [-0.3, -0.25) is 0 Å². The van der Waals surface area contributed by atoms with Crippen molar-refractivity contribution >= 4 is 19.8 Å². The Bertz CT molecular complexity index is 335. The molecule has 0 spiro atoms. The Morgan fingerprint density at radius 2 is 1.10 bits per heavy atom. The Hall–Kier alpha value is -1.47. The van der Waals surface area contributed by atoms with E-state index >= 15 is 0 Å². The molecule has 0 unspecified atom stereocenters. The van der Waals surface area contributed by atoms with Crippen LogP contribution in [0.4, 0.5) is 0 Å². The lowest BCUT2D eigenvalue weighted by atomic mass is 10.5. The van der Waals surface area contributed by atoms with E-state index in [-0.39, 0.29) is 24.1 Å². The lowest BCUT2D eigenvalue weighted by molar-refractivity contribution is -0.142. The second-order valence-electron chi connectivity index (χ2n) is 3.89. The second-order valence-corrected chi connectivity index (χ2v) is 4.92. The van der Waals surface area contributed by atoms with Gasteiger partial charge >= 0.3 is 19.8 Å². The van der Waals surface area contributed by atoms with E-state index in [4.69, 9.17) is 19.2 Å². The smallest absolute Gasteiger partial charge is 0.460 e. The van der Waals surface area contributed by atoms with Gasteiger partial charge in [0, 0.05) is 12.2 Å². The third-order valence-corrected chi connectivity index (χ3v) is 1.04. The number of carbonyl (C=O) groups is 2. The number of carbonyl (C=O) groups excluding carboxylic acids is 2. The predicted octanol–water partition coefficient (Wildman–Crippen LogP) is 1.32. The van der Waals surface area contributed by atoms with Crippen molar-refractivity contribution in [3.63, 3.8) is 0 Å². The summed E-state index contributed by atoms with van der Waals surface area (Å²) in [5, 5.41) is 0. The van der Waals surface area contributed by atoms with E-state index in [1.807, 2.05) is 0 Å². The quantitative estimate of drug-likeness (QED) is 0.400. The van der Waals surface area contributed by atoms with Gasteiger partial charge in [0.2, 0.25) is 0 Å². The number of esters is 2. The summed E-state index contributed by atoms with van der Waals surface area (Å²) in [6.45, 7) is 13.7. The van der Waals surface area contributed by atoms with Gasteiger partial charge in [-0.05, 0) is 27.7 Å². The van der Waals surface area contributed by atoms with Crippen LogP contribution in [0.15, 0.2) is 25.3 Å². The van der Waals surface area contributed by atoms with Crippen LogP contribution in [0.2, 0.25) is 0 Å². The summed E-state index contributed by atoms with van der Waals surface area (Å²) in [5.74, 6) is -0.722. The maximum Gasteiger partial charge on any atom is 0.466 e. The van der Waals surface area contributed by atoms with Gasteiger partial charge in [0.25, 0.3) is 0 Å². The molecule has 0 amide bonds. The molecule has 0 bridgehead atoms. The molecular weight excluding hydrogens is 303 g/mol. The van der Waals surface area contributed by atoms with Crippen LogP contribution in [0.5, 0.6) is 0 Å². The Balaban J connectivity index is -0.000000239. The van der Waals surface area contributed by atoms with Gasteiger partial charge in [-0.2, -0.15) is 0 Å². The van der Waals surface area contributed by atoms with E-state index in [1.165, 1.54) is 0 Å². The maximum absolute atomic E-state index is 10.3. The maximum atomic E-state index is 10.3. The minimum atomic E-state index is -4.64. The molecule has 0 aliphatic rings. The van der Waals surface area contributed by atoms with Crippen molar-refractivity contribution in [3.8, 4) is 0 Å². The number of hydrogen-bond donors (Lipinski definition) is 3. The minimum absolute atomic E-state index is 0.0412. The molecule has 0 saturated heterocycles. The van der Waals surface area contributed by atoms with Crippen LogP contribution in [0.1, 0.15) is 27.7 Å². The molecule has 0 atom stereocenters. The SMILES string of the molecule is C=CC(=O)OC(C)C.C=CC(=O)OC(C)C.O=P(O)(O)O. The summed E-state index contributed by atoms with van der Waals surface area (Å²) in [6, 6.07) is 0. The van der Waals surface area contributed by atoms with E-state index in [9.17, 15) is 9.59 Å². The molecule has 0 aromatic carbocycles. The highest BCUT2D eigenvalue weighted by Crippen LogP contribution is 2.25. The second kappa shape index (κ2) is 13.5. The summed E-state index contributed by atoms with van der Waals surface area (Å²) in [5.41, 5.74) is 0. The average molecular weight is 326 g/mol. The lowest BCUT2D eigenvalue weighted by Crippen LogP contribution is -2.07. The zero-order valence-electron chi connectivity index (χ0n) is 12.6. The molecule has 3 N–H and O–H groups in total. The number of ether oxygens (including phenoxy) is 2. The fourth-order valence-electron chi connectivity index (χ4n) is 0.561. The first kappa shape index (κ1) is 24.5. The summed E-state index contributed by atoms with van der Waals surface area (Å²) < 4.78 is 18.2. The van der Waals surface area contributed by atoms with Gasteiger partial charge in [-0.15, -0.1) is 0 Å². The molecule has 0 aromatic heterocycles. The van der Waals surface area contributed by atoms with Crippen molar-refractivity contribution in [1.29, 1.82) is 0 Å². The molecule has 0 aliphatic heterocycles. The molecule has 0 heterocycles. The molecule has 0 radical (unpaired) electrons. The van der Waals surface area contributed by atoms with E-state index in [0.29, 0.717) is 0 Å². The summed E-state index contributed by atoms with van der Waals surface area (Å²) in [4.78, 5) is 42.1. The van der Waals surface area contributed by atoms with Gasteiger partial charge in [-0.25, -0.2) is 14.2 Å². The molecular formula is C12H23O8P. The van der Waals surface area contributed by atoms with Crippen molar-refractivity contribution < 1.29 is 38.3 Å². The van der Waals surface area contributed by atoms with Crippen LogP contribution in [-0.4, -0.2) is 38.8 Å². The first-order chi connectivity index (χ1) is 9.33. The highest BCUT2D eigenvalue weighted by atomic mass is 31.2. The molecule has 0 fully saturated rings. The Labute approximate surface area is 124 Å². The van der Waals surface area contributed by atoms with Crippen LogP contribution < -0.4 is 0 Å². The third-order valence-electron chi connectivity index (χ3n) is 1.04. The Morgan fingerprint density at radius 1 is 0.905 bits per heavy atom. The largest absolute Gasteiger partial charge is 0.466 e. The normalized spacial score (nSPS) is 9.57. The molecule has 0 aromatic rings. The molecule has 8 nitrogen and oxygen atoms in total. The highest BCUT2D eigenvalue weighted by Gasteiger charge is 2.00. The summed E-state index contributed by atoms with van der Waals surface area (Å²) in [6.07, 6.45) is 2.22. The van der Waals surface area contributed by atoms with Gasteiger partial charge in [0.05, 0.1) is 12.2 Å². The molecule has 21 heavy (non-hydrogen) atoms. The summed E-state index contributed by atoms with van der Waals surface area (Å²) in [7, 11) is -4.64. The third kappa shape index (κ3) is 45.7. The monoisotopic (exact) mass is 326 g/mol. The van der Waals surface area contributed by atoms with E-state index < -0.39 is 7.82 Å². The molecule has 0 aliphatic carbocycles. The fourth-order valence-corrected chi connectivity index (χ4v) is 0.561. The zero-order valence-corrected chi connectivity index (χ0v) is 13.4. The van der Waals surface area contributed by atoms with Crippen molar-refractivity contribution in [2.45, 2.75) is 39.9 Å². The summed E-state index contributed by atoms with van der Waals surface area (Å²) >= 11 is 0. The van der Waals surface area contributed by atoms with Crippen molar-refractivity contribution in [2.24, 2.45) is 0 Å². The Kier molecular flexibility index (Phi) is 15.8. The van der Waals surface area contributed by atoms with Gasteiger partial charge < -0.3 is 24.2 Å². The number of rotatable bonds is 4.